The molecule has 4 nitrogen and oxygen atoms in total. The molecule has 1 saturated carbocycles. The van der Waals surface area contributed by atoms with Gasteiger partial charge in [-0.3, -0.25) is 4.98 Å². The lowest BCUT2D eigenvalue weighted by atomic mass is 9.90. The fraction of sp³-hybridized carbons (Fsp3) is 0.385. The fourth-order valence-corrected chi connectivity index (χ4v) is 5.94. The summed E-state index contributed by atoms with van der Waals surface area (Å²) in [6.45, 7) is 4.21. The van der Waals surface area contributed by atoms with E-state index in [1.165, 1.54) is 30.9 Å². The van der Waals surface area contributed by atoms with Crippen molar-refractivity contribution in [3.63, 3.8) is 0 Å². The minimum atomic E-state index is -0.226. The van der Waals surface area contributed by atoms with Gasteiger partial charge in [-0.1, -0.05) is 31.4 Å². The first kappa shape index (κ1) is 21.1. The molecule has 2 aliphatic rings. The first-order valence-corrected chi connectivity index (χ1v) is 11.9. The Hall–Kier alpha value is -2.73. The minimum absolute atomic E-state index is 0.0212. The minimum Gasteiger partial charge on any atom is -0.352 e. The maximum atomic E-state index is 14.0. The van der Waals surface area contributed by atoms with Gasteiger partial charge >= 0.3 is 0 Å². The van der Waals surface area contributed by atoms with Crippen molar-refractivity contribution in [2.75, 3.05) is 0 Å². The monoisotopic (exact) mass is 448 g/mol. The summed E-state index contributed by atoms with van der Waals surface area (Å²) < 4.78 is 16.2. The van der Waals surface area contributed by atoms with Crippen LogP contribution in [0, 0.1) is 19.7 Å². The molecule has 0 amide bonds. The second-order valence-electron chi connectivity index (χ2n) is 8.97. The van der Waals surface area contributed by atoms with E-state index in [1.54, 1.807) is 12.1 Å². The Balaban J connectivity index is 1.63. The van der Waals surface area contributed by atoms with E-state index >= 15 is 0 Å². The summed E-state index contributed by atoms with van der Waals surface area (Å²) in [5.74, 6) is -0.226. The van der Waals surface area contributed by atoms with E-state index in [9.17, 15) is 4.39 Å². The van der Waals surface area contributed by atoms with E-state index in [4.69, 9.17) is 12.2 Å². The summed E-state index contributed by atoms with van der Waals surface area (Å²) in [5.41, 5.74) is 5.27. The predicted molar refractivity (Wildman–Crippen MR) is 129 cm³/mol. The van der Waals surface area contributed by atoms with Crippen molar-refractivity contribution in [3.05, 3.63) is 83.2 Å². The summed E-state index contributed by atoms with van der Waals surface area (Å²) in [6, 6.07) is 15.6. The molecule has 0 spiro atoms. The number of benzene rings is 1. The summed E-state index contributed by atoms with van der Waals surface area (Å²) in [4.78, 5) is 7.11. The molecule has 5 rings (SSSR count). The van der Waals surface area contributed by atoms with Crippen LogP contribution in [0.15, 0.2) is 54.7 Å². The van der Waals surface area contributed by atoms with Gasteiger partial charge in [-0.25, -0.2) is 4.39 Å². The molecule has 2 atom stereocenters. The molecule has 3 heterocycles. The lowest BCUT2D eigenvalue weighted by Crippen LogP contribution is -2.40. The number of pyridine rings is 1. The van der Waals surface area contributed by atoms with Gasteiger partial charge < -0.3 is 14.8 Å². The highest BCUT2D eigenvalue weighted by atomic mass is 32.1. The maximum Gasteiger partial charge on any atom is 0.170 e. The summed E-state index contributed by atoms with van der Waals surface area (Å²) in [6.07, 6.45) is 7.95. The Morgan fingerprint density at radius 1 is 1.03 bits per heavy atom. The normalized spacial score (nSPS) is 21.7. The number of hydrogen-bond donors (Lipinski definition) is 1. The van der Waals surface area contributed by atoms with E-state index in [-0.39, 0.29) is 17.9 Å². The fourth-order valence-electron chi connectivity index (χ4n) is 5.55. The average Bonchev–Trinajstić information content (AvgIpc) is 3.30. The van der Waals surface area contributed by atoms with Gasteiger partial charge in [0.1, 0.15) is 5.82 Å². The molecule has 1 aromatic carbocycles. The Morgan fingerprint density at radius 2 is 1.84 bits per heavy atom. The van der Waals surface area contributed by atoms with Crippen molar-refractivity contribution in [2.24, 2.45) is 0 Å². The molecule has 32 heavy (non-hydrogen) atoms. The van der Waals surface area contributed by atoms with Crippen LogP contribution in [0.5, 0.6) is 0 Å². The molecule has 0 bridgehead atoms. The quantitative estimate of drug-likeness (QED) is 0.501. The highest BCUT2D eigenvalue weighted by molar-refractivity contribution is 7.80. The van der Waals surface area contributed by atoms with Crippen molar-refractivity contribution in [2.45, 2.75) is 64.1 Å². The Bertz CT molecular complexity index is 1120. The van der Waals surface area contributed by atoms with Gasteiger partial charge in [0.15, 0.2) is 5.11 Å². The van der Waals surface area contributed by atoms with Gasteiger partial charge in [0, 0.05) is 29.3 Å². The largest absolute Gasteiger partial charge is 0.352 e. The third kappa shape index (κ3) is 3.71. The smallest absolute Gasteiger partial charge is 0.170 e. The second-order valence-corrected chi connectivity index (χ2v) is 9.35. The molecule has 2 aromatic heterocycles. The topological polar surface area (TPSA) is 33.1 Å². The Kier molecular flexibility index (Phi) is 5.72. The number of halogens is 1. The number of nitrogens with one attached hydrogen (secondary N) is 1. The van der Waals surface area contributed by atoms with E-state index < -0.39 is 0 Å². The van der Waals surface area contributed by atoms with Crippen LogP contribution in [-0.4, -0.2) is 25.6 Å². The van der Waals surface area contributed by atoms with Crippen molar-refractivity contribution >= 4 is 17.3 Å². The van der Waals surface area contributed by atoms with Crippen LogP contribution < -0.4 is 5.32 Å². The van der Waals surface area contributed by atoms with Crippen molar-refractivity contribution in [1.29, 1.82) is 0 Å². The van der Waals surface area contributed by atoms with Gasteiger partial charge in [-0.05, 0) is 80.9 Å². The van der Waals surface area contributed by atoms with Crippen LogP contribution in [0.1, 0.15) is 66.8 Å². The predicted octanol–water partition coefficient (Wildman–Crippen LogP) is 5.93. The zero-order valence-corrected chi connectivity index (χ0v) is 19.4. The van der Waals surface area contributed by atoms with Crippen LogP contribution in [-0.2, 0) is 0 Å². The molecule has 1 aliphatic carbocycles. The molecule has 1 saturated heterocycles. The Morgan fingerprint density at radius 3 is 2.56 bits per heavy atom. The number of nitrogens with zero attached hydrogens (tertiary/aromatic N) is 3. The summed E-state index contributed by atoms with van der Waals surface area (Å²) in [7, 11) is 0. The van der Waals surface area contributed by atoms with Crippen molar-refractivity contribution in [1.82, 2.24) is 19.8 Å². The lowest BCUT2D eigenvalue weighted by molar-refractivity contribution is 0.197. The third-order valence-electron chi connectivity index (χ3n) is 6.96. The number of aryl methyl sites for hydroxylation is 1. The molecule has 0 radical (unpaired) electrons. The number of rotatable bonds is 4. The molecule has 3 aromatic rings. The van der Waals surface area contributed by atoms with Crippen LogP contribution in [0.2, 0.25) is 0 Å². The Labute approximate surface area is 194 Å². The van der Waals surface area contributed by atoms with Crippen LogP contribution in [0.3, 0.4) is 0 Å². The molecule has 0 unspecified atom stereocenters. The number of hydrogen-bond acceptors (Lipinski definition) is 2. The average molecular weight is 449 g/mol. The van der Waals surface area contributed by atoms with Gasteiger partial charge in [0.25, 0.3) is 0 Å². The van der Waals surface area contributed by atoms with E-state index in [2.05, 4.69) is 45.7 Å². The van der Waals surface area contributed by atoms with Crippen molar-refractivity contribution in [3.8, 4) is 5.69 Å². The summed E-state index contributed by atoms with van der Waals surface area (Å²) >= 11 is 5.90. The zero-order valence-electron chi connectivity index (χ0n) is 18.6. The van der Waals surface area contributed by atoms with Crippen LogP contribution in [0.25, 0.3) is 5.69 Å². The van der Waals surface area contributed by atoms with Gasteiger partial charge in [0.05, 0.1) is 17.8 Å². The molecule has 1 N–H and O–H groups in total. The van der Waals surface area contributed by atoms with E-state index in [0.29, 0.717) is 6.04 Å². The van der Waals surface area contributed by atoms with Crippen LogP contribution in [0.4, 0.5) is 4.39 Å². The standard InChI is InChI=1S/C26H29FN4S/c1-17-15-22(18(2)30(17)21-12-8-9-19(27)16-21)25-24(23-13-6-7-14-28-23)29-26(32)31(25)20-10-4-3-5-11-20/h6-9,12-16,20,24-25H,3-5,10-11H2,1-2H3,(H,29,32)/t24-,25+/m0/s1. The first-order chi connectivity index (χ1) is 15.5. The van der Waals surface area contributed by atoms with Gasteiger partial charge in [-0.2, -0.15) is 0 Å². The molecule has 2 fully saturated rings. The molecule has 166 valence electrons. The van der Waals surface area contributed by atoms with Gasteiger partial charge in [0.2, 0.25) is 0 Å². The van der Waals surface area contributed by atoms with Gasteiger partial charge in [-0.15, -0.1) is 0 Å². The van der Waals surface area contributed by atoms with E-state index in [1.807, 2.05) is 24.4 Å². The molecule has 6 heteroatoms. The van der Waals surface area contributed by atoms with Crippen molar-refractivity contribution < 1.29 is 4.39 Å². The zero-order chi connectivity index (χ0) is 22.2. The molecular formula is C26H29FN4S. The second kappa shape index (κ2) is 8.66. The van der Waals surface area contributed by atoms with E-state index in [0.717, 1.165) is 40.7 Å². The maximum absolute atomic E-state index is 14.0. The summed E-state index contributed by atoms with van der Waals surface area (Å²) in [5, 5.41) is 4.41. The SMILES string of the molecule is Cc1cc([C@@H]2[C@H](c3ccccn3)NC(=S)N2C2CCCCC2)c(C)n1-c1cccc(F)c1. The number of thiocarbonyl (C=S) groups is 1. The number of aromatic nitrogens is 2. The highest BCUT2D eigenvalue weighted by Crippen LogP contribution is 2.44. The lowest BCUT2D eigenvalue weighted by Gasteiger charge is -2.37. The first-order valence-electron chi connectivity index (χ1n) is 11.5. The third-order valence-corrected chi connectivity index (χ3v) is 7.29. The molecule has 1 aliphatic heterocycles. The molecular weight excluding hydrogens is 419 g/mol. The van der Waals surface area contributed by atoms with Crippen LogP contribution >= 0.6 is 12.2 Å². The highest BCUT2D eigenvalue weighted by Gasteiger charge is 2.44.